The minimum atomic E-state index is 1.06. The summed E-state index contributed by atoms with van der Waals surface area (Å²) in [5.41, 5.74) is 20.0. The van der Waals surface area contributed by atoms with Crippen molar-refractivity contribution in [1.29, 1.82) is 0 Å². The largest absolute Gasteiger partial charge is 0.311 e. The highest BCUT2D eigenvalue weighted by molar-refractivity contribution is 6.11. The highest BCUT2D eigenvalue weighted by atomic mass is 15.2. The smallest absolute Gasteiger partial charge is 0.0542 e. The lowest BCUT2D eigenvalue weighted by atomic mass is 9.85. The van der Waals surface area contributed by atoms with E-state index in [0.29, 0.717) is 0 Å². The molecule has 0 aliphatic heterocycles. The quantitative estimate of drug-likeness (QED) is 0.101. The van der Waals surface area contributed by atoms with E-state index in [2.05, 4.69) is 347 Å². The van der Waals surface area contributed by atoms with Gasteiger partial charge in [-0.05, 0) is 167 Å². The molecule has 0 spiro atoms. The van der Waals surface area contributed by atoms with Crippen molar-refractivity contribution in [3.05, 3.63) is 350 Å². The number of para-hydroxylation sites is 6. The van der Waals surface area contributed by atoms with Crippen LogP contribution in [0, 0.1) is 0 Å². The summed E-state index contributed by atoms with van der Waals surface area (Å²) < 4.78 is 2.37. The normalized spacial score (nSPS) is 11.5. The molecule has 0 unspecified atom stereocenters. The summed E-state index contributed by atoms with van der Waals surface area (Å²) in [5, 5.41) is 2.42. The lowest BCUT2D eigenvalue weighted by Gasteiger charge is -2.28. The lowest BCUT2D eigenvalue weighted by molar-refractivity contribution is 1.18. The zero-order valence-electron chi connectivity index (χ0n) is 43.0. The Hall–Kier alpha value is -10.4. The molecule has 13 aromatic rings. The number of benzene rings is 12. The minimum Gasteiger partial charge on any atom is -0.311 e. The summed E-state index contributed by atoms with van der Waals surface area (Å²) in [7, 11) is 0. The number of anilines is 9. The molecule has 0 N–H and O–H groups in total. The Balaban J connectivity index is 0.909. The number of aromatic nitrogens is 1. The molecule has 78 heavy (non-hydrogen) atoms. The highest BCUT2D eigenvalue weighted by Gasteiger charge is 2.22. The number of rotatable bonds is 14. The van der Waals surface area contributed by atoms with Crippen molar-refractivity contribution in [1.82, 2.24) is 4.57 Å². The average Bonchev–Trinajstić information content (AvgIpc) is 4.00. The SMILES string of the molecule is c1ccc(/C(=C(/c2ccccc2)c2ccc(N(c3ccccc3)c3ccc4c(c3)c3ccccc3n4-c3ccccc3)cc2)c2ccc(N(c3ccccc3)c3ccc(N(c4ccccc4)c4ccccc4)cc3)cc2)cc1. The second-order valence-corrected chi connectivity index (χ2v) is 19.3. The molecule has 4 heteroatoms. The molecule has 0 saturated heterocycles. The minimum absolute atomic E-state index is 1.06. The molecule has 0 atom stereocenters. The Labute approximate surface area is 456 Å². The zero-order valence-corrected chi connectivity index (χ0v) is 43.0. The Kier molecular flexibility index (Phi) is 13.0. The van der Waals surface area contributed by atoms with Crippen molar-refractivity contribution in [3.63, 3.8) is 0 Å². The van der Waals surface area contributed by atoms with Crippen LogP contribution in [0.2, 0.25) is 0 Å². The van der Waals surface area contributed by atoms with Crippen LogP contribution in [0.5, 0.6) is 0 Å². The summed E-state index contributed by atoms with van der Waals surface area (Å²) in [6.45, 7) is 0. The van der Waals surface area contributed by atoms with E-state index in [0.717, 1.165) is 90.3 Å². The van der Waals surface area contributed by atoms with E-state index >= 15 is 0 Å². The second-order valence-electron chi connectivity index (χ2n) is 19.3. The Morgan fingerprint density at radius 1 is 0.205 bits per heavy atom. The fourth-order valence-electron chi connectivity index (χ4n) is 11.0. The lowest BCUT2D eigenvalue weighted by Crippen LogP contribution is -2.12. The van der Waals surface area contributed by atoms with Gasteiger partial charge in [0.25, 0.3) is 0 Å². The Bertz CT molecular complexity index is 4090. The van der Waals surface area contributed by atoms with Gasteiger partial charge in [-0.25, -0.2) is 0 Å². The van der Waals surface area contributed by atoms with E-state index in [4.69, 9.17) is 0 Å². The molecule has 0 saturated carbocycles. The molecule has 0 aliphatic rings. The van der Waals surface area contributed by atoms with Crippen LogP contribution < -0.4 is 14.7 Å². The van der Waals surface area contributed by atoms with E-state index in [1.165, 1.54) is 21.8 Å². The van der Waals surface area contributed by atoms with Crippen LogP contribution in [0.3, 0.4) is 0 Å². The van der Waals surface area contributed by atoms with Gasteiger partial charge in [0, 0.05) is 67.6 Å². The van der Waals surface area contributed by atoms with Gasteiger partial charge in [0.1, 0.15) is 0 Å². The first kappa shape index (κ1) is 47.3. The third-order valence-electron chi connectivity index (χ3n) is 14.6. The van der Waals surface area contributed by atoms with Crippen molar-refractivity contribution >= 4 is 84.1 Å². The van der Waals surface area contributed by atoms with Crippen molar-refractivity contribution in [2.24, 2.45) is 0 Å². The number of hydrogen-bond donors (Lipinski definition) is 0. The molecule has 0 bridgehead atoms. The average molecular weight is 999 g/mol. The molecule has 0 amide bonds. The molecule has 0 radical (unpaired) electrons. The molecule has 370 valence electrons. The van der Waals surface area contributed by atoms with Crippen molar-refractivity contribution in [3.8, 4) is 5.69 Å². The molecule has 1 heterocycles. The molecule has 1 aromatic heterocycles. The van der Waals surface area contributed by atoms with E-state index in [-0.39, 0.29) is 0 Å². The maximum absolute atomic E-state index is 2.37. The van der Waals surface area contributed by atoms with Crippen LogP contribution in [0.25, 0.3) is 38.6 Å². The summed E-state index contributed by atoms with van der Waals surface area (Å²) >= 11 is 0. The van der Waals surface area contributed by atoms with E-state index in [9.17, 15) is 0 Å². The fraction of sp³-hybridized carbons (Fsp3) is 0. The van der Waals surface area contributed by atoms with Crippen LogP contribution in [-0.2, 0) is 0 Å². The van der Waals surface area contributed by atoms with Crippen molar-refractivity contribution in [2.75, 3.05) is 14.7 Å². The van der Waals surface area contributed by atoms with Crippen LogP contribution in [0.4, 0.5) is 51.2 Å². The molecule has 0 aliphatic carbocycles. The third kappa shape index (κ3) is 9.29. The van der Waals surface area contributed by atoms with Gasteiger partial charge in [0.05, 0.1) is 11.0 Å². The van der Waals surface area contributed by atoms with Gasteiger partial charge in [-0.3, -0.25) is 0 Å². The van der Waals surface area contributed by atoms with Crippen LogP contribution in [-0.4, -0.2) is 4.57 Å². The predicted molar refractivity (Wildman–Crippen MR) is 329 cm³/mol. The Morgan fingerprint density at radius 3 is 0.872 bits per heavy atom. The first-order valence-corrected chi connectivity index (χ1v) is 26.6. The third-order valence-corrected chi connectivity index (χ3v) is 14.6. The number of fused-ring (bicyclic) bond motifs is 3. The molecule has 12 aromatic carbocycles. The van der Waals surface area contributed by atoms with Crippen LogP contribution in [0.15, 0.2) is 328 Å². The first-order valence-electron chi connectivity index (χ1n) is 26.6. The van der Waals surface area contributed by atoms with E-state index in [1.807, 2.05) is 0 Å². The van der Waals surface area contributed by atoms with Crippen molar-refractivity contribution < 1.29 is 0 Å². The summed E-state index contributed by atoms with van der Waals surface area (Å²) in [6.07, 6.45) is 0. The predicted octanol–water partition coefficient (Wildman–Crippen LogP) is 20.2. The summed E-state index contributed by atoms with van der Waals surface area (Å²) in [5.74, 6) is 0. The van der Waals surface area contributed by atoms with Gasteiger partial charge < -0.3 is 19.3 Å². The van der Waals surface area contributed by atoms with E-state index in [1.54, 1.807) is 0 Å². The van der Waals surface area contributed by atoms with Crippen LogP contribution >= 0.6 is 0 Å². The van der Waals surface area contributed by atoms with Crippen molar-refractivity contribution in [2.45, 2.75) is 0 Å². The Morgan fingerprint density at radius 2 is 0.474 bits per heavy atom. The van der Waals surface area contributed by atoms with Gasteiger partial charge in [0.15, 0.2) is 0 Å². The molecule has 4 nitrogen and oxygen atoms in total. The van der Waals surface area contributed by atoms with E-state index < -0.39 is 0 Å². The molecular weight excluding hydrogens is 945 g/mol. The van der Waals surface area contributed by atoms with Gasteiger partial charge >= 0.3 is 0 Å². The standard InChI is InChI=1S/C74H54N4/c1-8-24-55(25-9-1)73(57-40-44-64(45-41-57)76(61-32-16-5-17-33-61)67-50-48-66(49-51-67)75(59-28-12-3-13-29-59)60-30-14-4-15-31-60)74(56-26-10-2-11-27-56)58-42-46-65(47-43-58)77(62-34-18-6-19-35-62)68-52-53-72-70(54-68)69-38-22-23-39-71(69)78(72)63-36-20-7-21-37-63/h1-54H/b74-73+. The molecule has 0 fully saturated rings. The topological polar surface area (TPSA) is 14.7 Å². The van der Waals surface area contributed by atoms with Crippen LogP contribution in [0.1, 0.15) is 22.3 Å². The maximum atomic E-state index is 2.37. The summed E-state index contributed by atoms with van der Waals surface area (Å²) in [4.78, 5) is 7.01. The zero-order chi connectivity index (χ0) is 52.0. The molecule has 13 rings (SSSR count). The molecular formula is C74H54N4. The number of nitrogens with zero attached hydrogens (tertiary/aromatic N) is 4. The van der Waals surface area contributed by atoms with Gasteiger partial charge in [-0.2, -0.15) is 0 Å². The van der Waals surface area contributed by atoms with Gasteiger partial charge in [0.2, 0.25) is 0 Å². The number of hydrogen-bond acceptors (Lipinski definition) is 3. The monoisotopic (exact) mass is 998 g/mol. The maximum Gasteiger partial charge on any atom is 0.0542 e. The van der Waals surface area contributed by atoms with Gasteiger partial charge in [-0.15, -0.1) is 0 Å². The fourth-order valence-corrected chi connectivity index (χ4v) is 11.0. The first-order chi connectivity index (χ1) is 38.7. The summed E-state index contributed by atoms with van der Waals surface area (Å²) in [6, 6.07) is 117. The highest BCUT2D eigenvalue weighted by Crippen LogP contribution is 2.44. The van der Waals surface area contributed by atoms with Gasteiger partial charge in [-0.1, -0.05) is 194 Å². The second kappa shape index (κ2) is 21.4.